The van der Waals surface area contributed by atoms with Crippen LogP contribution in [0.5, 0.6) is 0 Å². The molecule has 0 fully saturated rings. The van der Waals surface area contributed by atoms with E-state index in [1.165, 1.54) is 59.3 Å². The number of para-hydroxylation sites is 1. The number of rotatable bonds is 0. The van der Waals surface area contributed by atoms with Gasteiger partial charge in [0, 0.05) is 20.9 Å². The highest BCUT2D eigenvalue weighted by atomic mass is 32.1. The minimum Gasteiger partial charge on any atom is -0.301 e. The molecule has 0 aliphatic rings. The summed E-state index contributed by atoms with van der Waals surface area (Å²) in [6.45, 7) is 2.22. The standard InChI is InChI=1S/C24H16N3S/c1-13-7-8-15-14-9-10-28-19(14)11-18-21(15)20(13)23-24-22(25-12-26(23)2)16-5-3-4-6-17(16)27(18)24/h3-12H,1-2H3/q+1. The Kier molecular flexibility index (Phi) is 2.52. The maximum absolute atomic E-state index is 4.84. The van der Waals surface area contributed by atoms with Gasteiger partial charge in [0.25, 0.3) is 6.33 Å². The molecule has 28 heavy (non-hydrogen) atoms. The van der Waals surface area contributed by atoms with Crippen molar-refractivity contribution in [2.24, 2.45) is 7.05 Å². The molecule has 132 valence electrons. The summed E-state index contributed by atoms with van der Waals surface area (Å²) in [5, 5.41) is 8.78. The van der Waals surface area contributed by atoms with Crippen LogP contribution in [0.4, 0.5) is 0 Å². The van der Waals surface area contributed by atoms with E-state index in [0.29, 0.717) is 0 Å². The average Bonchev–Trinajstić information content (AvgIpc) is 3.31. The molecule has 4 heteroatoms. The van der Waals surface area contributed by atoms with Gasteiger partial charge in [-0.3, -0.25) is 0 Å². The van der Waals surface area contributed by atoms with Crippen molar-refractivity contribution in [1.29, 1.82) is 0 Å². The van der Waals surface area contributed by atoms with Crippen molar-refractivity contribution >= 4 is 70.6 Å². The van der Waals surface area contributed by atoms with Gasteiger partial charge in [-0.2, -0.15) is 0 Å². The van der Waals surface area contributed by atoms with E-state index in [1.54, 1.807) is 0 Å². The lowest BCUT2D eigenvalue weighted by Gasteiger charge is -2.14. The number of hydrogen-bond donors (Lipinski definition) is 0. The Labute approximate surface area is 164 Å². The predicted octanol–water partition coefficient (Wildman–Crippen LogP) is 5.73. The summed E-state index contributed by atoms with van der Waals surface area (Å²) in [6, 6.07) is 17.8. The quantitative estimate of drug-likeness (QED) is 0.187. The highest BCUT2D eigenvalue weighted by molar-refractivity contribution is 7.17. The fourth-order valence-corrected chi connectivity index (χ4v) is 5.85. The first-order chi connectivity index (χ1) is 13.7. The van der Waals surface area contributed by atoms with E-state index >= 15 is 0 Å². The van der Waals surface area contributed by atoms with E-state index < -0.39 is 0 Å². The molecule has 0 unspecified atom stereocenters. The van der Waals surface area contributed by atoms with E-state index in [0.717, 1.165) is 5.52 Å². The highest BCUT2D eigenvalue weighted by Crippen LogP contribution is 2.42. The van der Waals surface area contributed by atoms with E-state index in [2.05, 4.69) is 76.9 Å². The fourth-order valence-electron chi connectivity index (χ4n) is 5.02. The maximum Gasteiger partial charge on any atom is 0.287 e. The SMILES string of the molecule is Cc1ccc2c3ccsc3cc3c2c1c1c2c(nc[n+]1C)c1ccccc1n32. The van der Waals surface area contributed by atoms with Crippen molar-refractivity contribution in [3.05, 3.63) is 65.8 Å². The van der Waals surface area contributed by atoms with Gasteiger partial charge in [-0.05, 0) is 52.5 Å². The van der Waals surface area contributed by atoms with Gasteiger partial charge >= 0.3 is 0 Å². The van der Waals surface area contributed by atoms with Crippen molar-refractivity contribution < 1.29 is 4.57 Å². The molecular formula is C24H16N3S+. The van der Waals surface area contributed by atoms with Gasteiger partial charge in [-0.1, -0.05) is 24.3 Å². The smallest absolute Gasteiger partial charge is 0.287 e. The van der Waals surface area contributed by atoms with Crippen LogP contribution in [0.15, 0.2) is 60.2 Å². The molecule has 3 nitrogen and oxygen atoms in total. The van der Waals surface area contributed by atoms with Crippen LogP contribution in [0, 0.1) is 6.92 Å². The summed E-state index contributed by atoms with van der Waals surface area (Å²) in [7, 11) is 2.11. The monoisotopic (exact) mass is 378 g/mol. The van der Waals surface area contributed by atoms with E-state index in [4.69, 9.17) is 4.98 Å². The largest absolute Gasteiger partial charge is 0.301 e. The summed E-state index contributed by atoms with van der Waals surface area (Å²) in [4.78, 5) is 4.84. The molecule has 0 saturated carbocycles. The van der Waals surface area contributed by atoms with Crippen LogP contribution >= 0.6 is 11.3 Å². The van der Waals surface area contributed by atoms with Crippen molar-refractivity contribution in [3.63, 3.8) is 0 Å². The molecule has 3 aromatic carbocycles. The molecule has 0 spiro atoms. The third-order valence-corrected chi connectivity index (χ3v) is 7.05. The second-order valence-corrected chi connectivity index (χ2v) is 8.61. The van der Waals surface area contributed by atoms with E-state index in [9.17, 15) is 0 Å². The predicted molar refractivity (Wildman–Crippen MR) is 118 cm³/mol. The lowest BCUT2D eigenvalue weighted by molar-refractivity contribution is -0.647. The normalized spacial score (nSPS) is 12.6. The summed E-state index contributed by atoms with van der Waals surface area (Å²) < 4.78 is 5.95. The van der Waals surface area contributed by atoms with Crippen LogP contribution in [0.3, 0.4) is 0 Å². The molecule has 7 aromatic rings. The van der Waals surface area contributed by atoms with Gasteiger partial charge in [0.15, 0.2) is 5.52 Å². The average molecular weight is 378 g/mol. The van der Waals surface area contributed by atoms with Crippen LogP contribution in [0.25, 0.3) is 59.2 Å². The third-order valence-electron chi connectivity index (χ3n) is 6.19. The van der Waals surface area contributed by atoms with E-state index in [-0.39, 0.29) is 0 Å². The van der Waals surface area contributed by atoms with Gasteiger partial charge in [-0.25, -0.2) is 4.57 Å². The highest BCUT2D eigenvalue weighted by Gasteiger charge is 2.25. The minimum atomic E-state index is 1.08. The van der Waals surface area contributed by atoms with Gasteiger partial charge < -0.3 is 4.40 Å². The van der Waals surface area contributed by atoms with Crippen LogP contribution < -0.4 is 4.57 Å². The van der Waals surface area contributed by atoms with Crippen LogP contribution in [0.1, 0.15) is 5.56 Å². The summed E-state index contributed by atoms with van der Waals surface area (Å²) in [6.07, 6.45) is 1.96. The Bertz CT molecular complexity index is 1730. The van der Waals surface area contributed by atoms with Crippen LogP contribution in [0.2, 0.25) is 0 Å². The van der Waals surface area contributed by atoms with Gasteiger partial charge in [0.1, 0.15) is 5.52 Å². The molecule has 0 bridgehead atoms. The molecule has 0 aliphatic heterocycles. The zero-order valence-electron chi connectivity index (χ0n) is 15.5. The van der Waals surface area contributed by atoms with Gasteiger partial charge in [0.05, 0.1) is 23.5 Å². The van der Waals surface area contributed by atoms with Gasteiger partial charge in [0.2, 0.25) is 5.52 Å². The first-order valence-corrected chi connectivity index (χ1v) is 10.3. The lowest BCUT2D eigenvalue weighted by atomic mass is 9.96. The van der Waals surface area contributed by atoms with Crippen molar-refractivity contribution in [3.8, 4) is 0 Å². The number of nitrogens with zero attached hydrogens (tertiary/aromatic N) is 3. The first-order valence-electron chi connectivity index (χ1n) is 9.46. The number of pyridine rings is 1. The van der Waals surface area contributed by atoms with Crippen molar-refractivity contribution in [1.82, 2.24) is 9.38 Å². The molecule has 4 aromatic heterocycles. The Balaban J connectivity index is 2.02. The number of benzene rings is 3. The Hall–Kier alpha value is -3.24. The molecule has 0 atom stereocenters. The second-order valence-electron chi connectivity index (χ2n) is 7.66. The number of fused-ring (bicyclic) bond motifs is 7. The van der Waals surface area contributed by atoms with Crippen LogP contribution in [-0.4, -0.2) is 9.38 Å². The second kappa shape index (κ2) is 4.78. The third kappa shape index (κ3) is 1.54. The molecule has 7 rings (SSSR count). The van der Waals surface area contributed by atoms with Crippen LogP contribution in [-0.2, 0) is 7.05 Å². The van der Waals surface area contributed by atoms with E-state index in [1.807, 2.05) is 17.7 Å². The molecule has 4 heterocycles. The number of aromatic nitrogens is 3. The zero-order valence-corrected chi connectivity index (χ0v) is 16.3. The fraction of sp³-hybridized carbons (Fsp3) is 0.0833. The maximum atomic E-state index is 4.84. The Morgan fingerprint density at radius 1 is 0.929 bits per heavy atom. The molecule has 0 saturated heterocycles. The Morgan fingerprint density at radius 2 is 1.82 bits per heavy atom. The zero-order chi connectivity index (χ0) is 18.6. The molecule has 0 radical (unpaired) electrons. The number of hydrogen-bond acceptors (Lipinski definition) is 2. The van der Waals surface area contributed by atoms with Crippen molar-refractivity contribution in [2.45, 2.75) is 6.92 Å². The molecule has 0 aliphatic carbocycles. The number of thiophene rings is 1. The Morgan fingerprint density at radius 3 is 2.75 bits per heavy atom. The molecule has 0 amide bonds. The number of aryl methyl sites for hydroxylation is 2. The topological polar surface area (TPSA) is 21.2 Å². The minimum absolute atomic E-state index is 1.08. The summed E-state index contributed by atoms with van der Waals surface area (Å²) >= 11 is 1.81. The lowest BCUT2D eigenvalue weighted by Crippen LogP contribution is -2.30. The molecular weight excluding hydrogens is 362 g/mol. The summed E-state index contributed by atoms with van der Waals surface area (Å²) in [5.41, 5.74) is 7.36. The first kappa shape index (κ1) is 14.8. The molecule has 0 N–H and O–H groups in total. The van der Waals surface area contributed by atoms with Gasteiger partial charge in [-0.15, -0.1) is 11.3 Å². The van der Waals surface area contributed by atoms with Crippen molar-refractivity contribution in [2.75, 3.05) is 0 Å². The summed E-state index contributed by atoms with van der Waals surface area (Å²) in [5.74, 6) is 0.